The van der Waals surface area contributed by atoms with Crippen LogP contribution in [0.15, 0.2) is 166 Å². The molecule has 3 unspecified atom stereocenters. The van der Waals surface area contributed by atoms with Crippen LogP contribution < -0.4 is 23.3 Å². The number of methoxy groups -OCH3 is 3. The van der Waals surface area contributed by atoms with Crippen LogP contribution in [-0.4, -0.2) is 55.8 Å². The molecule has 0 saturated heterocycles. The van der Waals surface area contributed by atoms with Crippen molar-refractivity contribution in [2.75, 3.05) is 21.3 Å². The Hall–Kier alpha value is -5.86. The van der Waals surface area contributed by atoms with Crippen molar-refractivity contribution in [2.24, 2.45) is 0 Å². The summed E-state index contributed by atoms with van der Waals surface area (Å²) in [6, 6.07) is 28.4. The fraction of sp³-hybridized carbons (Fsp3) is 0.291. The first-order chi connectivity index (χ1) is 33.8. The Kier molecular flexibility index (Phi) is 25.4. The number of hydrogen-bond donors (Lipinski definition) is 0. The van der Waals surface area contributed by atoms with E-state index < -0.39 is 0 Å². The van der Waals surface area contributed by atoms with Gasteiger partial charge in [-0.25, -0.2) is 9.55 Å². The Morgan fingerprint density at radius 1 is 0.571 bits per heavy atom. The zero-order chi connectivity index (χ0) is 49.2. The molecule has 70 heavy (non-hydrogen) atoms. The van der Waals surface area contributed by atoms with Gasteiger partial charge >= 0.3 is 27.2 Å². The van der Waals surface area contributed by atoms with E-state index in [4.69, 9.17) is 14.2 Å². The molecule has 15 heteroatoms. The number of pyridine rings is 7. The number of nitrogens with zero attached hydrogens (tertiary/aromatic N) is 9. The number of aryl methyl sites for hydroxylation is 3. The van der Waals surface area contributed by atoms with Gasteiger partial charge in [-0.2, -0.15) is 0 Å². The summed E-state index contributed by atoms with van der Waals surface area (Å²) < 4.78 is 21.7. The van der Waals surface area contributed by atoms with Crippen molar-refractivity contribution in [1.29, 1.82) is 0 Å². The topological polar surface area (TPSA) is 118 Å². The number of ether oxygens (including phenoxy) is 3. The van der Waals surface area contributed by atoms with Gasteiger partial charge in [-0.1, -0.05) is 31.5 Å². The van der Waals surface area contributed by atoms with E-state index >= 15 is 0 Å². The minimum atomic E-state index is 0. The van der Waals surface area contributed by atoms with Crippen LogP contribution in [0.25, 0.3) is 22.8 Å². The Morgan fingerprint density at radius 3 is 1.44 bits per heavy atom. The molecule has 0 fully saturated rings. The van der Waals surface area contributed by atoms with Crippen LogP contribution in [0.3, 0.4) is 0 Å². The fourth-order valence-electron chi connectivity index (χ4n) is 7.96. The predicted molar refractivity (Wildman–Crippen MR) is 268 cm³/mol. The second kappa shape index (κ2) is 31.4. The standard InChI is InChI=1S/C31H40N5.C12H12N2O2.C12H12N2O.ClH.Os.W/c1-4-26(29-9-18-34(3)19-10-29)23-31(28-7-13-32-14-8-28)24-27(5-2)30-11-20-35(21-12-30)16-6-17-36-22-15-33-25-36;1-15-9-3-5-13-11(7-9)12-8-10(16-2)4-6-14-12;1-9-3-5-13-11(7-9)12-8-10(15-2)4-6-14-12;;;/h7-15,18-22,25-27,31H,3-6,16-17,23-24H2,1-2H3;3-8H,1-2H3;3-8H,1-2H3;1H;;/q+1;;;;+1;/p-1. The summed E-state index contributed by atoms with van der Waals surface area (Å²) in [6.45, 7) is 8.67. The van der Waals surface area contributed by atoms with Crippen molar-refractivity contribution < 1.29 is 62.0 Å². The fourth-order valence-corrected chi connectivity index (χ4v) is 7.96. The third-order valence-electron chi connectivity index (χ3n) is 11.8. The van der Waals surface area contributed by atoms with Crippen molar-refractivity contribution >= 4 is 9.64 Å². The normalized spacial score (nSPS) is 11.6. The maximum Gasteiger partial charge on any atom is 0 e. The third-order valence-corrected chi connectivity index (χ3v) is 11.8. The van der Waals surface area contributed by atoms with Gasteiger partial charge in [0.2, 0.25) is 0 Å². The molecule has 8 heterocycles. The van der Waals surface area contributed by atoms with Gasteiger partial charge in [0.05, 0.1) is 62.8 Å². The molecule has 0 saturated carbocycles. The molecule has 367 valence electrons. The summed E-state index contributed by atoms with van der Waals surface area (Å²) in [4.78, 5) is 25.4. The van der Waals surface area contributed by atoms with Crippen LogP contribution in [0.1, 0.15) is 86.0 Å². The summed E-state index contributed by atoms with van der Waals surface area (Å²) in [5.74, 6) is 3.85. The first-order valence-corrected chi connectivity index (χ1v) is 26.2. The smallest absolute Gasteiger partial charge is 0 e. The summed E-state index contributed by atoms with van der Waals surface area (Å²) in [5, 5.41) is 0. The van der Waals surface area contributed by atoms with E-state index in [1.165, 1.54) is 39.9 Å². The maximum absolute atomic E-state index is 5.14. The summed E-state index contributed by atoms with van der Waals surface area (Å²) in [6.07, 6.45) is 30.8. The molecular formula is C55H64ClN9O3OsW+. The Morgan fingerprint density at radius 2 is 1.01 bits per heavy atom. The first-order valence-electron chi connectivity index (χ1n) is 23.0. The second-order valence-electron chi connectivity index (χ2n) is 16.3. The minimum absolute atomic E-state index is 0. The van der Waals surface area contributed by atoms with Crippen LogP contribution >= 0.6 is 9.64 Å². The van der Waals surface area contributed by atoms with Crippen molar-refractivity contribution in [3.8, 4) is 40.0 Å². The van der Waals surface area contributed by atoms with Crippen molar-refractivity contribution in [2.45, 2.75) is 83.7 Å². The van der Waals surface area contributed by atoms with E-state index in [1.807, 2.05) is 79.0 Å². The summed E-state index contributed by atoms with van der Waals surface area (Å²) in [7, 11) is 13.5. The SMILES string of the molecule is COc1ccnc(-c2cc(C)ccn2)c1.COc1ccnc(-c2cc(OC)ccn2)c1.[CH2-][n+]1ccc(C(CC)CC(CC(CC)c2cc[n+](CCCn3ccnc3)cc2)c2ccncc2)cc1.[Cl][Os].[W]. The number of hydrogen-bond acceptors (Lipinski definition) is 9. The van der Waals surface area contributed by atoms with Crippen LogP contribution in [0.5, 0.6) is 17.2 Å². The van der Waals surface area contributed by atoms with E-state index in [1.54, 1.807) is 58.2 Å². The Bertz CT molecular complexity index is 2620. The zero-order valence-electron chi connectivity index (χ0n) is 40.9. The van der Waals surface area contributed by atoms with Gasteiger partial charge in [0.25, 0.3) is 0 Å². The Balaban J connectivity index is 0.000000258. The van der Waals surface area contributed by atoms with Crippen LogP contribution in [0.4, 0.5) is 0 Å². The monoisotopic (exact) mass is 1310 g/mol. The van der Waals surface area contributed by atoms with Crippen molar-refractivity contribution in [1.82, 2.24) is 34.5 Å². The van der Waals surface area contributed by atoms with Gasteiger partial charge in [0.15, 0.2) is 12.4 Å². The first kappa shape index (κ1) is 56.7. The van der Waals surface area contributed by atoms with Crippen molar-refractivity contribution in [3.05, 3.63) is 195 Å². The van der Waals surface area contributed by atoms with Gasteiger partial charge in [-0.15, -0.1) is 0 Å². The van der Waals surface area contributed by atoms with E-state index in [0.717, 1.165) is 85.2 Å². The van der Waals surface area contributed by atoms with Crippen LogP contribution in [0.2, 0.25) is 0 Å². The number of halogens is 1. The zero-order valence-corrected chi connectivity index (χ0v) is 47.1. The van der Waals surface area contributed by atoms with Gasteiger partial charge in [0, 0.05) is 121 Å². The molecule has 0 N–H and O–H groups in total. The molecule has 3 atom stereocenters. The average molecular weight is 1310 g/mol. The molecule has 0 spiro atoms. The predicted octanol–water partition coefficient (Wildman–Crippen LogP) is 11.1. The van der Waals surface area contributed by atoms with Gasteiger partial charge in [-0.05, 0) is 110 Å². The van der Waals surface area contributed by atoms with E-state index in [9.17, 15) is 0 Å². The largest absolute Gasteiger partial charge is 0 e. The molecule has 0 aliphatic rings. The van der Waals surface area contributed by atoms with Crippen LogP contribution in [-0.2, 0) is 51.8 Å². The quantitative estimate of drug-likeness (QED) is 0.0611. The van der Waals surface area contributed by atoms with Crippen molar-refractivity contribution in [3.63, 3.8) is 0 Å². The molecule has 0 aromatic carbocycles. The number of aromatic nitrogens is 9. The number of rotatable bonds is 18. The van der Waals surface area contributed by atoms with E-state index in [2.05, 4.69) is 131 Å². The molecule has 8 aromatic rings. The van der Waals surface area contributed by atoms with Crippen LogP contribution in [0, 0.1) is 14.0 Å². The summed E-state index contributed by atoms with van der Waals surface area (Å²) in [5.41, 5.74) is 8.64. The molecule has 8 aromatic heterocycles. The Labute approximate surface area is 443 Å². The molecule has 0 aliphatic carbocycles. The average Bonchev–Trinajstić information content (AvgIpc) is 3.94. The molecule has 0 amide bonds. The summed E-state index contributed by atoms with van der Waals surface area (Å²) >= 11 is 1.33. The minimum Gasteiger partial charge on any atom is 0 e. The molecule has 12 nitrogen and oxygen atoms in total. The molecule has 0 aliphatic heterocycles. The third kappa shape index (κ3) is 18.1. The van der Waals surface area contributed by atoms with Gasteiger partial charge < -0.3 is 23.3 Å². The number of imidazole rings is 1. The van der Waals surface area contributed by atoms with Gasteiger partial charge in [0.1, 0.15) is 23.8 Å². The second-order valence-corrected chi connectivity index (χ2v) is 16.3. The molecule has 0 bridgehead atoms. The molecule has 8 rings (SSSR count). The molecular weight excluding hydrogens is 1240 g/mol. The van der Waals surface area contributed by atoms with E-state index in [-0.39, 0.29) is 21.1 Å². The maximum atomic E-state index is 5.14. The van der Waals surface area contributed by atoms with Gasteiger partial charge in [-0.3, -0.25) is 24.9 Å². The van der Waals surface area contributed by atoms with E-state index in [0.29, 0.717) is 17.8 Å². The molecule has 0 radical (unpaired) electrons.